The van der Waals surface area contributed by atoms with Gasteiger partial charge in [0, 0.05) is 25.2 Å². The number of nitrogens with zero attached hydrogens (tertiary/aromatic N) is 4. The fraction of sp³-hybridized carbons (Fsp3) is 0.526. The topological polar surface area (TPSA) is 69.5 Å². The van der Waals surface area contributed by atoms with Gasteiger partial charge in [-0.15, -0.1) is 10.2 Å². The van der Waals surface area contributed by atoms with Gasteiger partial charge in [-0.05, 0) is 45.0 Å². The standard InChI is InChI=1S/C19H26N4O3S/c1-4-23-18(22-10-12-25-13-11-22)20-21-19(23)27-14(3)17(24)15-6-8-16(9-7-15)26-5-2/h6-9,14H,4-5,10-13H2,1-3H3/t14-/m1/s1. The smallest absolute Gasteiger partial charge is 0.228 e. The summed E-state index contributed by atoms with van der Waals surface area (Å²) in [7, 11) is 0. The number of thioether (sulfide) groups is 1. The van der Waals surface area contributed by atoms with Crippen LogP contribution in [-0.4, -0.2) is 58.7 Å². The van der Waals surface area contributed by atoms with E-state index in [1.165, 1.54) is 11.8 Å². The summed E-state index contributed by atoms with van der Waals surface area (Å²) in [5.74, 6) is 1.70. The van der Waals surface area contributed by atoms with Crippen molar-refractivity contribution in [1.29, 1.82) is 0 Å². The molecule has 2 aromatic rings. The molecule has 0 radical (unpaired) electrons. The third kappa shape index (κ3) is 4.62. The summed E-state index contributed by atoms with van der Waals surface area (Å²) >= 11 is 1.45. The highest BCUT2D eigenvalue weighted by molar-refractivity contribution is 8.00. The molecule has 8 heteroatoms. The van der Waals surface area contributed by atoms with E-state index >= 15 is 0 Å². The lowest BCUT2D eigenvalue weighted by Crippen LogP contribution is -2.38. The second-order valence-corrected chi connectivity index (χ2v) is 7.52. The van der Waals surface area contributed by atoms with E-state index in [1.54, 1.807) is 0 Å². The number of ether oxygens (including phenoxy) is 2. The largest absolute Gasteiger partial charge is 0.494 e. The number of hydrogen-bond acceptors (Lipinski definition) is 7. The van der Waals surface area contributed by atoms with Crippen LogP contribution in [0.25, 0.3) is 0 Å². The fourth-order valence-corrected chi connectivity index (χ4v) is 3.96. The van der Waals surface area contributed by atoms with Crippen molar-refractivity contribution in [3.8, 4) is 5.75 Å². The number of anilines is 1. The highest BCUT2D eigenvalue weighted by atomic mass is 32.2. The van der Waals surface area contributed by atoms with Gasteiger partial charge in [0.05, 0.1) is 25.1 Å². The van der Waals surface area contributed by atoms with Crippen LogP contribution in [0.2, 0.25) is 0 Å². The molecule has 7 nitrogen and oxygen atoms in total. The molecule has 1 aliphatic heterocycles. The lowest BCUT2D eigenvalue weighted by Gasteiger charge is -2.27. The summed E-state index contributed by atoms with van der Waals surface area (Å²) < 4.78 is 12.9. The Labute approximate surface area is 164 Å². The van der Waals surface area contributed by atoms with Crippen molar-refractivity contribution in [3.05, 3.63) is 29.8 Å². The zero-order valence-corrected chi connectivity index (χ0v) is 16.9. The highest BCUT2D eigenvalue weighted by Crippen LogP contribution is 2.28. The molecule has 1 aliphatic rings. The molecule has 1 aromatic carbocycles. The average molecular weight is 391 g/mol. The Bertz CT molecular complexity index is 757. The van der Waals surface area contributed by atoms with Crippen LogP contribution in [0.1, 0.15) is 31.1 Å². The third-order valence-corrected chi connectivity index (χ3v) is 5.49. The zero-order valence-electron chi connectivity index (χ0n) is 16.1. The first-order chi connectivity index (χ1) is 13.1. The van der Waals surface area contributed by atoms with Gasteiger partial charge >= 0.3 is 0 Å². The van der Waals surface area contributed by atoms with Crippen LogP contribution in [0, 0.1) is 0 Å². The van der Waals surface area contributed by atoms with Gasteiger partial charge in [-0.3, -0.25) is 9.36 Å². The first kappa shape index (κ1) is 19.7. The minimum Gasteiger partial charge on any atom is -0.494 e. The molecule has 146 valence electrons. The number of carbonyl (C=O) groups is 1. The number of hydrogen-bond donors (Lipinski definition) is 0. The lowest BCUT2D eigenvalue weighted by atomic mass is 10.1. The molecule has 1 aromatic heterocycles. The number of ketones is 1. The SMILES string of the molecule is CCOc1ccc(C(=O)[C@@H](C)Sc2nnc(N3CCOCC3)n2CC)cc1. The summed E-state index contributed by atoms with van der Waals surface area (Å²) in [4.78, 5) is 15.0. The van der Waals surface area contributed by atoms with E-state index in [-0.39, 0.29) is 11.0 Å². The van der Waals surface area contributed by atoms with E-state index in [0.717, 1.165) is 36.5 Å². The molecule has 0 amide bonds. The van der Waals surface area contributed by atoms with Gasteiger partial charge in [-0.25, -0.2) is 0 Å². The van der Waals surface area contributed by atoms with Crippen molar-refractivity contribution >= 4 is 23.5 Å². The van der Waals surface area contributed by atoms with E-state index in [1.807, 2.05) is 38.1 Å². The Morgan fingerprint density at radius 2 is 1.93 bits per heavy atom. The maximum absolute atomic E-state index is 12.8. The van der Waals surface area contributed by atoms with Crippen LogP contribution in [0.4, 0.5) is 5.95 Å². The molecule has 0 aliphatic carbocycles. The van der Waals surface area contributed by atoms with E-state index in [4.69, 9.17) is 9.47 Å². The minimum absolute atomic E-state index is 0.0709. The molecule has 0 N–H and O–H groups in total. The molecule has 27 heavy (non-hydrogen) atoms. The number of benzene rings is 1. The molecule has 0 saturated carbocycles. The highest BCUT2D eigenvalue weighted by Gasteiger charge is 2.23. The van der Waals surface area contributed by atoms with Crippen molar-refractivity contribution in [2.24, 2.45) is 0 Å². The quantitative estimate of drug-likeness (QED) is 0.507. The summed E-state index contributed by atoms with van der Waals surface area (Å²) in [6.07, 6.45) is 0. The number of rotatable bonds is 8. The van der Waals surface area contributed by atoms with Crippen molar-refractivity contribution in [2.75, 3.05) is 37.8 Å². The van der Waals surface area contributed by atoms with Crippen molar-refractivity contribution in [3.63, 3.8) is 0 Å². The van der Waals surface area contributed by atoms with Crippen LogP contribution in [0.3, 0.4) is 0 Å². The summed E-state index contributed by atoms with van der Waals surface area (Å²) in [6, 6.07) is 7.29. The van der Waals surface area contributed by atoms with E-state index in [2.05, 4.69) is 26.6 Å². The van der Waals surface area contributed by atoms with Crippen LogP contribution < -0.4 is 9.64 Å². The second kappa shape index (κ2) is 9.23. The Balaban J connectivity index is 1.70. The summed E-state index contributed by atoms with van der Waals surface area (Å²) in [5.41, 5.74) is 0.675. The molecule has 2 heterocycles. The van der Waals surface area contributed by atoms with E-state index in [9.17, 15) is 4.79 Å². The Morgan fingerprint density at radius 3 is 2.56 bits per heavy atom. The molecular formula is C19H26N4O3S. The molecule has 1 atom stereocenters. The number of aromatic nitrogens is 3. The molecule has 0 unspecified atom stereocenters. The minimum atomic E-state index is -0.255. The maximum atomic E-state index is 12.8. The molecular weight excluding hydrogens is 364 g/mol. The van der Waals surface area contributed by atoms with Crippen molar-refractivity contribution in [1.82, 2.24) is 14.8 Å². The third-order valence-electron chi connectivity index (χ3n) is 4.41. The number of carbonyl (C=O) groups excluding carboxylic acids is 1. The molecule has 0 spiro atoms. The van der Waals surface area contributed by atoms with E-state index in [0.29, 0.717) is 25.4 Å². The van der Waals surface area contributed by atoms with Crippen molar-refractivity contribution < 1.29 is 14.3 Å². The Morgan fingerprint density at radius 1 is 1.22 bits per heavy atom. The monoisotopic (exact) mass is 390 g/mol. The molecule has 3 rings (SSSR count). The van der Waals surface area contributed by atoms with Crippen LogP contribution in [-0.2, 0) is 11.3 Å². The predicted molar refractivity (Wildman–Crippen MR) is 106 cm³/mol. The van der Waals surface area contributed by atoms with Gasteiger partial charge in [0.15, 0.2) is 10.9 Å². The molecule has 1 saturated heterocycles. The maximum Gasteiger partial charge on any atom is 0.228 e. The zero-order chi connectivity index (χ0) is 19.2. The van der Waals surface area contributed by atoms with Crippen LogP contribution >= 0.6 is 11.8 Å². The van der Waals surface area contributed by atoms with Crippen LogP contribution in [0.15, 0.2) is 29.4 Å². The average Bonchev–Trinajstić information content (AvgIpc) is 3.11. The Kier molecular flexibility index (Phi) is 6.73. The lowest BCUT2D eigenvalue weighted by molar-refractivity contribution is 0.0994. The second-order valence-electron chi connectivity index (χ2n) is 6.21. The van der Waals surface area contributed by atoms with Crippen LogP contribution in [0.5, 0.6) is 5.75 Å². The first-order valence-electron chi connectivity index (χ1n) is 9.33. The first-order valence-corrected chi connectivity index (χ1v) is 10.2. The van der Waals surface area contributed by atoms with Crippen molar-refractivity contribution in [2.45, 2.75) is 37.7 Å². The van der Waals surface area contributed by atoms with Gasteiger partial charge in [0.2, 0.25) is 5.95 Å². The van der Waals surface area contributed by atoms with Gasteiger partial charge in [0.25, 0.3) is 0 Å². The van der Waals surface area contributed by atoms with Gasteiger partial charge in [-0.1, -0.05) is 11.8 Å². The van der Waals surface area contributed by atoms with Gasteiger partial charge in [0.1, 0.15) is 5.75 Å². The summed E-state index contributed by atoms with van der Waals surface area (Å²) in [5, 5.41) is 9.22. The summed E-state index contributed by atoms with van der Waals surface area (Å²) in [6.45, 7) is 10.3. The number of morpholine rings is 1. The fourth-order valence-electron chi connectivity index (χ4n) is 2.97. The normalized spacial score (nSPS) is 15.6. The number of Topliss-reactive ketones (excluding diaryl/α,β-unsaturated/α-hetero) is 1. The molecule has 0 bridgehead atoms. The Hall–Kier alpha value is -2.06. The predicted octanol–water partition coefficient (Wildman–Crippen LogP) is 2.90. The molecule has 1 fully saturated rings. The van der Waals surface area contributed by atoms with Gasteiger partial charge in [-0.2, -0.15) is 0 Å². The van der Waals surface area contributed by atoms with E-state index < -0.39 is 0 Å². The van der Waals surface area contributed by atoms with Gasteiger partial charge < -0.3 is 14.4 Å².